The van der Waals surface area contributed by atoms with Crippen LogP contribution in [-0.4, -0.2) is 41.8 Å². The summed E-state index contributed by atoms with van der Waals surface area (Å²) in [6, 6.07) is 0.734. The maximum absolute atomic E-state index is 12.0. The monoisotopic (exact) mass is 298 g/mol. The zero-order valence-corrected chi connectivity index (χ0v) is 13.1. The molecule has 3 aliphatic rings. The molecule has 3 fully saturated rings. The molecule has 2 heterocycles. The molecule has 114 valence electrons. The number of amides is 2. The molecule has 4 nitrogen and oxygen atoms in total. The summed E-state index contributed by atoms with van der Waals surface area (Å²) in [5, 5.41) is 6.28. The smallest absolute Gasteiger partial charge is 0.315 e. The average Bonchev–Trinajstić information content (AvgIpc) is 2.97. The summed E-state index contributed by atoms with van der Waals surface area (Å²) in [6.45, 7) is 2.99. The number of thioether (sulfide) groups is 1. The number of nitrogens with one attached hydrogen (secondary N) is 2. The summed E-state index contributed by atoms with van der Waals surface area (Å²) in [5.74, 6) is 3.01. The Hall–Kier alpha value is -0.420. The van der Waals surface area contributed by atoms with Crippen molar-refractivity contribution in [3.05, 3.63) is 0 Å². The van der Waals surface area contributed by atoms with Crippen molar-refractivity contribution in [2.45, 2.75) is 63.1 Å². The van der Waals surface area contributed by atoms with Gasteiger partial charge in [-0.3, -0.25) is 0 Å². The van der Waals surface area contributed by atoms with Crippen molar-refractivity contribution >= 4 is 17.8 Å². The summed E-state index contributed by atoms with van der Waals surface area (Å²) in [7, 11) is 0. The molecule has 4 atom stereocenters. The van der Waals surface area contributed by atoms with Crippen molar-refractivity contribution in [2.24, 2.45) is 5.92 Å². The highest BCUT2D eigenvalue weighted by atomic mass is 32.2. The Morgan fingerprint density at radius 1 is 1.45 bits per heavy atom. The van der Waals surface area contributed by atoms with Crippen LogP contribution in [0.2, 0.25) is 0 Å². The predicted molar refractivity (Wildman–Crippen MR) is 82.1 cm³/mol. The van der Waals surface area contributed by atoms with Gasteiger partial charge >= 0.3 is 6.03 Å². The topological polar surface area (TPSA) is 50.4 Å². The minimum absolute atomic E-state index is 0.0290. The van der Waals surface area contributed by atoms with E-state index >= 15 is 0 Å². The maximum Gasteiger partial charge on any atom is 0.315 e. The molecule has 5 heteroatoms. The van der Waals surface area contributed by atoms with Crippen molar-refractivity contribution in [2.75, 3.05) is 18.1 Å². The van der Waals surface area contributed by atoms with Gasteiger partial charge in [-0.05, 0) is 43.8 Å². The van der Waals surface area contributed by atoms with Crippen LogP contribution in [0.25, 0.3) is 0 Å². The molecular formula is C15H26N2O2S. The number of carbonyl (C=O) groups excluding carboxylic acids is 1. The maximum atomic E-state index is 12.0. The van der Waals surface area contributed by atoms with Gasteiger partial charge in [0.1, 0.15) is 0 Å². The zero-order chi connectivity index (χ0) is 14.0. The van der Waals surface area contributed by atoms with Gasteiger partial charge in [-0.2, -0.15) is 11.8 Å². The summed E-state index contributed by atoms with van der Waals surface area (Å²) < 4.78 is 5.99. The van der Waals surface area contributed by atoms with Crippen LogP contribution < -0.4 is 10.6 Å². The van der Waals surface area contributed by atoms with Gasteiger partial charge in [0.2, 0.25) is 0 Å². The molecule has 20 heavy (non-hydrogen) atoms. The second-order valence-corrected chi connectivity index (χ2v) is 7.64. The first-order valence-corrected chi connectivity index (χ1v) is 9.15. The van der Waals surface area contributed by atoms with Crippen LogP contribution in [0.15, 0.2) is 0 Å². The number of hydrogen-bond acceptors (Lipinski definition) is 3. The van der Waals surface area contributed by atoms with E-state index < -0.39 is 0 Å². The minimum Gasteiger partial charge on any atom is -0.374 e. The lowest BCUT2D eigenvalue weighted by molar-refractivity contribution is -0.0684. The molecule has 3 rings (SSSR count). The van der Waals surface area contributed by atoms with Crippen molar-refractivity contribution in [3.8, 4) is 0 Å². The summed E-state index contributed by atoms with van der Waals surface area (Å²) in [6.07, 6.45) is 6.68. The highest BCUT2D eigenvalue weighted by molar-refractivity contribution is 7.99. The van der Waals surface area contributed by atoms with Crippen LogP contribution >= 0.6 is 11.8 Å². The van der Waals surface area contributed by atoms with Gasteiger partial charge in [0.15, 0.2) is 0 Å². The van der Waals surface area contributed by atoms with Gasteiger partial charge in [-0.15, -0.1) is 0 Å². The molecule has 1 spiro atoms. The quantitative estimate of drug-likeness (QED) is 0.838. The van der Waals surface area contributed by atoms with Gasteiger partial charge in [0.25, 0.3) is 0 Å². The lowest BCUT2D eigenvalue weighted by Gasteiger charge is -2.38. The highest BCUT2D eigenvalue weighted by Crippen LogP contribution is 2.38. The van der Waals surface area contributed by atoms with E-state index in [1.807, 2.05) is 11.8 Å². The van der Waals surface area contributed by atoms with E-state index in [0.29, 0.717) is 6.04 Å². The number of carbonyl (C=O) groups is 1. The van der Waals surface area contributed by atoms with Crippen LogP contribution in [0.1, 0.15) is 45.4 Å². The number of ether oxygens (including phenoxy) is 1. The molecule has 2 saturated heterocycles. The van der Waals surface area contributed by atoms with Crippen LogP contribution in [-0.2, 0) is 4.74 Å². The summed E-state index contributed by atoms with van der Waals surface area (Å²) in [4.78, 5) is 12.0. The number of hydrogen-bond donors (Lipinski definition) is 2. The van der Waals surface area contributed by atoms with Crippen LogP contribution in [0.5, 0.6) is 0 Å². The Morgan fingerprint density at radius 2 is 2.35 bits per heavy atom. The minimum atomic E-state index is 0.0290. The summed E-state index contributed by atoms with van der Waals surface area (Å²) in [5.41, 5.74) is 0.0468. The van der Waals surface area contributed by atoms with Crippen LogP contribution in [0.3, 0.4) is 0 Å². The van der Waals surface area contributed by atoms with Crippen LogP contribution in [0.4, 0.5) is 4.79 Å². The Labute approximate surface area is 125 Å². The van der Waals surface area contributed by atoms with E-state index in [9.17, 15) is 4.79 Å². The zero-order valence-electron chi connectivity index (χ0n) is 12.3. The molecule has 1 aliphatic carbocycles. The molecule has 2 N–H and O–H groups in total. The highest BCUT2D eigenvalue weighted by Gasteiger charge is 2.41. The second-order valence-electron chi connectivity index (χ2n) is 6.53. The van der Waals surface area contributed by atoms with Crippen molar-refractivity contribution in [1.29, 1.82) is 0 Å². The molecule has 0 bridgehead atoms. The van der Waals surface area contributed by atoms with Crippen molar-refractivity contribution in [1.82, 2.24) is 10.6 Å². The van der Waals surface area contributed by atoms with Crippen LogP contribution in [0, 0.1) is 5.92 Å². The lowest BCUT2D eigenvalue weighted by atomic mass is 9.90. The predicted octanol–water partition coefficient (Wildman–Crippen LogP) is 2.53. The normalized spacial score (nSPS) is 39.8. The fourth-order valence-electron chi connectivity index (χ4n) is 3.52. The lowest BCUT2D eigenvalue weighted by Crippen LogP contribution is -2.51. The Morgan fingerprint density at radius 3 is 3.10 bits per heavy atom. The molecular weight excluding hydrogens is 272 g/mol. The van der Waals surface area contributed by atoms with Gasteiger partial charge < -0.3 is 15.4 Å². The van der Waals surface area contributed by atoms with E-state index in [2.05, 4.69) is 17.6 Å². The molecule has 0 aromatic heterocycles. The molecule has 0 unspecified atom stereocenters. The third kappa shape index (κ3) is 3.42. The standard InChI is InChI=1S/C15H26N2O2S/c1-2-3-11-8-13(11)17-14(18)16-12-4-6-19-15(9-12)5-7-20-10-15/h11-13H,2-10H2,1H3,(H2,16,17,18)/t11-,12+,13+,15+/m1/s1. The second kappa shape index (κ2) is 6.14. The Balaban J connectivity index is 1.42. The fourth-order valence-corrected chi connectivity index (χ4v) is 4.90. The van der Waals surface area contributed by atoms with E-state index in [1.165, 1.54) is 18.6 Å². The average molecular weight is 298 g/mol. The first-order valence-electron chi connectivity index (χ1n) is 7.99. The number of rotatable bonds is 4. The van der Waals surface area contributed by atoms with Gasteiger partial charge in [-0.25, -0.2) is 4.79 Å². The van der Waals surface area contributed by atoms with E-state index in [-0.39, 0.29) is 17.7 Å². The molecule has 0 aromatic carbocycles. The molecule has 0 aromatic rings. The molecule has 1 saturated carbocycles. The van der Waals surface area contributed by atoms with Gasteiger partial charge in [-0.1, -0.05) is 13.3 Å². The van der Waals surface area contributed by atoms with Gasteiger partial charge in [0.05, 0.1) is 5.60 Å². The number of urea groups is 1. The fraction of sp³-hybridized carbons (Fsp3) is 0.933. The molecule has 2 amide bonds. The first kappa shape index (κ1) is 14.5. The van der Waals surface area contributed by atoms with E-state index in [0.717, 1.165) is 44.0 Å². The molecule has 0 radical (unpaired) electrons. The third-order valence-electron chi connectivity index (χ3n) is 4.79. The first-order chi connectivity index (χ1) is 9.71. The molecule has 2 aliphatic heterocycles. The SMILES string of the molecule is CCC[C@@H]1C[C@@H]1NC(=O)N[C@H]1CCO[C@@]2(CCSC2)C1. The summed E-state index contributed by atoms with van der Waals surface area (Å²) >= 11 is 1.97. The van der Waals surface area contributed by atoms with E-state index in [1.54, 1.807) is 0 Å². The Kier molecular flexibility index (Phi) is 4.46. The van der Waals surface area contributed by atoms with E-state index in [4.69, 9.17) is 4.74 Å². The third-order valence-corrected chi connectivity index (χ3v) is 6.02. The van der Waals surface area contributed by atoms with Crippen molar-refractivity contribution in [3.63, 3.8) is 0 Å². The Bertz CT molecular complexity index is 358. The van der Waals surface area contributed by atoms with Crippen molar-refractivity contribution < 1.29 is 9.53 Å². The van der Waals surface area contributed by atoms with Gasteiger partial charge in [0, 0.05) is 24.4 Å². The largest absolute Gasteiger partial charge is 0.374 e.